The topological polar surface area (TPSA) is 215 Å². The van der Waals surface area contributed by atoms with Crippen LogP contribution in [-0.2, 0) is 29.8 Å². The maximum absolute atomic E-state index is 14.8. The molecule has 6 atom stereocenters. The van der Waals surface area contributed by atoms with Gasteiger partial charge in [0.1, 0.15) is 18.0 Å². The summed E-state index contributed by atoms with van der Waals surface area (Å²) in [6.45, 7) is 0.758. The van der Waals surface area contributed by atoms with Crippen molar-refractivity contribution in [3.8, 4) is 5.75 Å². The summed E-state index contributed by atoms with van der Waals surface area (Å²) >= 11 is 0. The molecule has 15 nitrogen and oxygen atoms in total. The first-order valence-corrected chi connectivity index (χ1v) is 16.3. The lowest BCUT2D eigenvalue weighted by Gasteiger charge is -2.30. The summed E-state index contributed by atoms with van der Waals surface area (Å²) in [5.41, 5.74) is 6.05. The Bertz CT molecular complexity index is 1940. The average molecular weight is 666 g/mol. The van der Waals surface area contributed by atoms with Crippen molar-refractivity contribution in [3.63, 3.8) is 0 Å². The fourth-order valence-electron chi connectivity index (χ4n) is 5.31. The smallest absolute Gasteiger partial charge is 0.380 e. The van der Waals surface area contributed by atoms with E-state index >= 15 is 0 Å². The highest BCUT2D eigenvalue weighted by atomic mass is 31.2. The number of aromatic nitrogens is 2. The molecule has 5 rings (SSSR count). The first-order chi connectivity index (χ1) is 22.6. The van der Waals surface area contributed by atoms with Gasteiger partial charge in [-0.1, -0.05) is 71.8 Å². The van der Waals surface area contributed by atoms with Gasteiger partial charge < -0.3 is 24.2 Å². The van der Waals surface area contributed by atoms with Crippen LogP contribution < -0.4 is 15.8 Å². The lowest BCUT2D eigenvalue weighted by Crippen LogP contribution is -2.45. The van der Waals surface area contributed by atoms with Crippen LogP contribution >= 0.6 is 7.60 Å². The molecule has 1 aromatic heterocycles. The summed E-state index contributed by atoms with van der Waals surface area (Å²) in [6.07, 6.45) is -4.88. The molecule has 16 heteroatoms. The highest BCUT2D eigenvalue weighted by Crippen LogP contribution is 2.53. The van der Waals surface area contributed by atoms with E-state index in [-0.39, 0.29) is 18.8 Å². The van der Waals surface area contributed by atoms with Crippen LogP contribution in [0.3, 0.4) is 0 Å². The van der Waals surface area contributed by atoms with Crippen molar-refractivity contribution in [1.82, 2.24) is 9.55 Å². The third-order valence-corrected chi connectivity index (χ3v) is 9.47. The number of hydrogen-bond acceptors (Lipinski definition) is 11. The predicted octanol–water partition coefficient (Wildman–Crippen LogP) is 3.66. The van der Waals surface area contributed by atoms with Gasteiger partial charge >= 0.3 is 19.3 Å². The highest BCUT2D eigenvalue weighted by Gasteiger charge is 2.56. The maximum Gasteiger partial charge on any atom is 0.380 e. The second-order valence-electron chi connectivity index (χ2n) is 10.8. The number of rotatable bonds is 13. The molecule has 3 aromatic carbocycles. The highest BCUT2D eigenvalue weighted by molar-refractivity contribution is 7.54. The lowest BCUT2D eigenvalue weighted by atomic mass is 10.0. The number of aromatic amines is 1. The number of nitrogens with one attached hydrogen (secondary N) is 1. The van der Waals surface area contributed by atoms with Crippen LogP contribution in [0.1, 0.15) is 18.7 Å². The molecular weight excluding hydrogens is 633 g/mol. The van der Waals surface area contributed by atoms with Gasteiger partial charge in [0.2, 0.25) is 5.72 Å². The number of fused-ring (bicyclic) bond motifs is 1. The molecule has 0 amide bonds. The average Bonchev–Trinajstić information content (AvgIpc) is 3.30. The van der Waals surface area contributed by atoms with Crippen molar-refractivity contribution in [3.05, 3.63) is 122 Å². The third-order valence-electron chi connectivity index (χ3n) is 7.59. The Morgan fingerprint density at radius 1 is 1.11 bits per heavy atom. The van der Waals surface area contributed by atoms with Gasteiger partial charge in [0, 0.05) is 22.6 Å². The second-order valence-corrected chi connectivity index (χ2v) is 12.8. The van der Waals surface area contributed by atoms with Crippen LogP contribution in [0.25, 0.3) is 21.2 Å². The Balaban J connectivity index is 1.52. The number of azide groups is 1. The monoisotopic (exact) mass is 665 g/mol. The van der Waals surface area contributed by atoms with Gasteiger partial charge in [-0.3, -0.25) is 23.7 Å². The van der Waals surface area contributed by atoms with Gasteiger partial charge in [-0.2, -0.15) is 0 Å². The van der Waals surface area contributed by atoms with Crippen LogP contribution in [0.2, 0.25) is 0 Å². The van der Waals surface area contributed by atoms with Gasteiger partial charge in [0.15, 0.2) is 6.23 Å². The number of aliphatic hydroxyl groups excluding tert-OH is 2. The molecule has 1 unspecified atom stereocenters. The Hall–Kier alpha value is -4.75. The summed E-state index contributed by atoms with van der Waals surface area (Å²) in [5.74, 6) is -1.52. The van der Waals surface area contributed by atoms with Crippen molar-refractivity contribution >= 4 is 24.3 Å². The molecule has 2 heterocycles. The van der Waals surface area contributed by atoms with E-state index in [1.165, 1.54) is 0 Å². The fourth-order valence-corrected chi connectivity index (χ4v) is 7.20. The van der Waals surface area contributed by atoms with Crippen LogP contribution in [-0.4, -0.2) is 63.0 Å². The maximum atomic E-state index is 14.8. The molecule has 1 aliphatic rings. The molecule has 1 aliphatic heterocycles. The molecule has 0 radical (unpaired) electrons. The lowest BCUT2D eigenvalue weighted by molar-refractivity contribution is -0.147. The number of H-pyrrole nitrogens is 1. The number of nitrogens with zero attached hydrogens (tertiary/aromatic N) is 4. The number of esters is 1. The first-order valence-electron chi connectivity index (χ1n) is 14.6. The molecule has 1 fully saturated rings. The summed E-state index contributed by atoms with van der Waals surface area (Å²) in [5, 5.41) is 26.8. The van der Waals surface area contributed by atoms with Gasteiger partial charge in [0.05, 0.1) is 25.3 Å². The number of carbonyl (C=O) groups excluding carboxylic acids is 1. The molecule has 246 valence electrons. The van der Waals surface area contributed by atoms with Crippen molar-refractivity contribution < 1.29 is 38.1 Å². The Morgan fingerprint density at radius 2 is 1.83 bits per heavy atom. The van der Waals surface area contributed by atoms with Gasteiger partial charge in [-0.15, -0.1) is 0 Å². The van der Waals surface area contributed by atoms with E-state index in [9.17, 15) is 34.7 Å². The quantitative estimate of drug-likeness (QED) is 0.0619. The minimum absolute atomic E-state index is 0.0584. The van der Waals surface area contributed by atoms with Crippen molar-refractivity contribution in [2.75, 3.05) is 19.4 Å². The minimum Gasteiger partial charge on any atom is -0.466 e. The molecule has 1 saturated heterocycles. The number of ether oxygens (including phenoxy) is 2. The zero-order valence-corrected chi connectivity index (χ0v) is 26.0. The Morgan fingerprint density at radius 3 is 2.55 bits per heavy atom. The van der Waals surface area contributed by atoms with E-state index in [0.717, 1.165) is 27.8 Å². The van der Waals surface area contributed by atoms with E-state index in [1.807, 2.05) is 29.2 Å². The molecular formula is C31H32N5O10P. The summed E-state index contributed by atoms with van der Waals surface area (Å²) in [6, 6.07) is 22.2. The predicted molar refractivity (Wildman–Crippen MR) is 169 cm³/mol. The SMILES string of the molecule is CCOC(=O)[C@H](Cc1ccccc1)CP(=O)(OC[C@@]1(N=[N+]=[N-])O[C@@H](n2ccc(=O)[nH]c2=O)[C@H](O)[C@@H]1O)Oc1cccc2ccccc12. The van der Waals surface area contributed by atoms with E-state index in [4.69, 9.17) is 18.5 Å². The van der Waals surface area contributed by atoms with Gasteiger partial charge in [-0.05, 0) is 35.9 Å². The molecule has 3 N–H and O–H groups in total. The number of carbonyl (C=O) groups is 1. The van der Waals surface area contributed by atoms with E-state index < -0.39 is 67.7 Å². The van der Waals surface area contributed by atoms with E-state index in [2.05, 4.69) is 10.0 Å². The van der Waals surface area contributed by atoms with Crippen LogP contribution in [0.5, 0.6) is 5.75 Å². The van der Waals surface area contributed by atoms with Gasteiger partial charge in [0.25, 0.3) is 5.56 Å². The molecule has 4 aromatic rings. The standard InChI is InChI=1S/C31H32N5O10P/c1-2-43-29(40)22(17-20-9-4-3-5-10-20)18-47(42,46-24-14-8-12-21-11-6-7-13-23(21)24)44-19-31(34-35-32)27(39)26(38)28(45-31)36-16-15-25(37)33-30(36)41/h3-16,22,26-28,38-39H,2,17-19H2,1H3,(H,33,37,41)/t22-,26-,27+,28-,31-,47?/m1/s1. The Labute approximate surface area is 267 Å². The number of aliphatic hydroxyl groups is 2. The van der Waals surface area contributed by atoms with E-state index in [1.54, 1.807) is 55.5 Å². The summed E-state index contributed by atoms with van der Waals surface area (Å²) < 4.78 is 38.6. The summed E-state index contributed by atoms with van der Waals surface area (Å²) in [4.78, 5) is 42.0. The van der Waals surface area contributed by atoms with Crippen LogP contribution in [0, 0.1) is 5.92 Å². The molecule has 0 aliphatic carbocycles. The van der Waals surface area contributed by atoms with Gasteiger partial charge in [-0.25, -0.2) is 9.36 Å². The summed E-state index contributed by atoms with van der Waals surface area (Å²) in [7, 11) is -4.46. The molecule has 0 bridgehead atoms. The number of hydrogen-bond donors (Lipinski definition) is 3. The van der Waals surface area contributed by atoms with Crippen LogP contribution in [0.4, 0.5) is 0 Å². The number of benzene rings is 3. The fraction of sp³-hybridized carbons (Fsp3) is 0.323. The van der Waals surface area contributed by atoms with E-state index in [0.29, 0.717) is 5.39 Å². The third kappa shape index (κ3) is 7.47. The molecule has 0 saturated carbocycles. The molecule has 0 spiro atoms. The largest absolute Gasteiger partial charge is 0.466 e. The van der Waals surface area contributed by atoms with Crippen molar-refractivity contribution in [1.29, 1.82) is 0 Å². The second kappa shape index (κ2) is 14.3. The Kier molecular flexibility index (Phi) is 10.3. The first kappa shape index (κ1) is 33.6. The zero-order chi connectivity index (χ0) is 33.6. The normalized spacial score (nSPS) is 22.6. The zero-order valence-electron chi connectivity index (χ0n) is 25.1. The molecule has 47 heavy (non-hydrogen) atoms. The van der Waals surface area contributed by atoms with Crippen LogP contribution in [0.15, 0.2) is 99.8 Å². The van der Waals surface area contributed by atoms with Crippen molar-refractivity contribution in [2.45, 2.75) is 37.5 Å². The van der Waals surface area contributed by atoms with Crippen molar-refractivity contribution in [2.24, 2.45) is 11.0 Å². The minimum atomic E-state index is -4.46.